The Balaban J connectivity index is 1.69. The lowest BCUT2D eigenvalue weighted by Crippen LogP contribution is -2.20. The smallest absolute Gasteiger partial charge is 0.358 e. The van der Waals surface area contributed by atoms with Crippen LogP contribution in [-0.2, 0) is 17.9 Å². The highest BCUT2D eigenvalue weighted by Gasteiger charge is 2.35. The number of rotatable bonds is 7. The van der Waals surface area contributed by atoms with Gasteiger partial charge in [0.05, 0.1) is 28.5 Å². The molecule has 0 aliphatic heterocycles. The Hall–Kier alpha value is -4.09. The molecule has 0 saturated carbocycles. The van der Waals surface area contributed by atoms with E-state index in [0.29, 0.717) is 12.2 Å². The van der Waals surface area contributed by atoms with E-state index in [2.05, 4.69) is 15.5 Å². The van der Waals surface area contributed by atoms with Crippen LogP contribution in [0.1, 0.15) is 16.8 Å². The summed E-state index contributed by atoms with van der Waals surface area (Å²) >= 11 is 0. The molecule has 0 bridgehead atoms. The fraction of sp³-hybridized carbons (Fsp3) is 0.235. The predicted octanol–water partition coefficient (Wildman–Crippen LogP) is 2.20. The second-order valence-electron chi connectivity index (χ2n) is 6.39. The van der Waals surface area contributed by atoms with Crippen LogP contribution in [-0.4, -0.2) is 35.3 Å². The van der Waals surface area contributed by atoms with Crippen LogP contribution in [0.3, 0.4) is 0 Å². The number of carbonyl (C=O) groups is 1. The number of anilines is 1. The van der Waals surface area contributed by atoms with Crippen LogP contribution in [0.5, 0.6) is 0 Å². The number of aryl methyl sites for hydroxylation is 1. The average Bonchev–Trinajstić information content (AvgIpc) is 3.19. The van der Waals surface area contributed by atoms with Crippen LogP contribution in [0.4, 0.5) is 17.2 Å². The van der Waals surface area contributed by atoms with E-state index in [1.165, 1.54) is 13.1 Å². The van der Waals surface area contributed by atoms with Crippen molar-refractivity contribution in [3.8, 4) is 0 Å². The van der Waals surface area contributed by atoms with Crippen molar-refractivity contribution in [2.24, 2.45) is 0 Å². The Labute approximate surface area is 164 Å². The molecule has 0 unspecified atom stereocenters. The highest BCUT2D eigenvalue weighted by Crippen LogP contribution is 2.29. The normalized spacial score (nSPS) is 10.7. The Morgan fingerprint density at radius 2 is 1.97 bits per heavy atom. The molecule has 0 fully saturated rings. The van der Waals surface area contributed by atoms with Crippen molar-refractivity contribution >= 4 is 23.1 Å². The number of nitrogens with zero attached hydrogens (tertiary/aromatic N) is 6. The van der Waals surface area contributed by atoms with Gasteiger partial charge in [-0.15, -0.1) is 0 Å². The quantitative estimate of drug-likeness (QED) is 0.472. The van der Waals surface area contributed by atoms with E-state index in [4.69, 9.17) is 0 Å². The van der Waals surface area contributed by atoms with Crippen molar-refractivity contribution in [2.75, 3.05) is 5.32 Å². The molecule has 0 saturated heterocycles. The summed E-state index contributed by atoms with van der Waals surface area (Å²) in [5.74, 6) is -1.44. The molecule has 1 aromatic carbocycles. The van der Waals surface area contributed by atoms with E-state index in [-0.39, 0.29) is 5.69 Å². The van der Waals surface area contributed by atoms with Gasteiger partial charge in [0.1, 0.15) is 12.2 Å². The van der Waals surface area contributed by atoms with Crippen LogP contribution in [0.15, 0.2) is 36.7 Å². The molecule has 2 aromatic heterocycles. The van der Waals surface area contributed by atoms with Crippen molar-refractivity contribution in [3.05, 3.63) is 73.7 Å². The van der Waals surface area contributed by atoms with Gasteiger partial charge in [0.25, 0.3) is 0 Å². The van der Waals surface area contributed by atoms with Gasteiger partial charge in [0.15, 0.2) is 0 Å². The lowest BCUT2D eigenvalue weighted by Gasteiger charge is -2.03. The summed E-state index contributed by atoms with van der Waals surface area (Å²) in [6.45, 7) is 3.40. The standard InChI is InChI=1S/C17H17N7O5/c1-11-4-3-5-13(6-11)8-21-9-14(7-18-21)19-15(25)10-22-12(2)16(23(26)27)17(20-22)24(28)29/h3-7,9H,8,10H2,1-2H3,(H,19,25). The number of nitro groups is 2. The molecule has 2 heterocycles. The molecule has 150 valence electrons. The average molecular weight is 399 g/mol. The summed E-state index contributed by atoms with van der Waals surface area (Å²) in [6.07, 6.45) is 3.11. The van der Waals surface area contributed by atoms with Gasteiger partial charge in [-0.05, 0) is 24.3 Å². The molecule has 12 heteroatoms. The highest BCUT2D eigenvalue weighted by atomic mass is 16.6. The molecule has 0 spiro atoms. The van der Waals surface area contributed by atoms with Gasteiger partial charge in [0, 0.05) is 6.20 Å². The minimum absolute atomic E-state index is 0.0769. The first-order valence-corrected chi connectivity index (χ1v) is 8.48. The lowest BCUT2D eigenvalue weighted by atomic mass is 10.1. The van der Waals surface area contributed by atoms with Crippen LogP contribution in [0.2, 0.25) is 0 Å². The SMILES string of the molecule is Cc1cccc(Cn2cc(NC(=O)Cn3nc([N+](=O)[O-])c([N+](=O)[O-])c3C)cn2)c1. The lowest BCUT2D eigenvalue weighted by molar-refractivity contribution is -0.424. The largest absolute Gasteiger partial charge is 0.468 e. The summed E-state index contributed by atoms with van der Waals surface area (Å²) in [5.41, 5.74) is 1.80. The minimum Gasteiger partial charge on any atom is -0.358 e. The molecule has 1 amide bonds. The maximum absolute atomic E-state index is 12.3. The van der Waals surface area contributed by atoms with E-state index in [1.54, 1.807) is 10.9 Å². The number of benzene rings is 1. The highest BCUT2D eigenvalue weighted by molar-refractivity contribution is 5.90. The van der Waals surface area contributed by atoms with Crippen LogP contribution in [0, 0.1) is 34.1 Å². The van der Waals surface area contributed by atoms with E-state index < -0.39 is 33.8 Å². The number of aromatic nitrogens is 4. The number of nitrogens with one attached hydrogen (secondary N) is 1. The summed E-state index contributed by atoms with van der Waals surface area (Å²) < 4.78 is 2.59. The van der Waals surface area contributed by atoms with E-state index >= 15 is 0 Å². The molecule has 1 N–H and O–H groups in total. The zero-order chi connectivity index (χ0) is 21.1. The second-order valence-corrected chi connectivity index (χ2v) is 6.39. The summed E-state index contributed by atoms with van der Waals surface area (Å²) in [5, 5.41) is 32.4. The van der Waals surface area contributed by atoms with Gasteiger partial charge in [0.2, 0.25) is 5.91 Å². The summed E-state index contributed by atoms with van der Waals surface area (Å²) in [4.78, 5) is 32.4. The van der Waals surface area contributed by atoms with Gasteiger partial charge in [-0.3, -0.25) is 19.6 Å². The molecule has 0 atom stereocenters. The third-order valence-corrected chi connectivity index (χ3v) is 4.15. The molecule has 12 nitrogen and oxygen atoms in total. The minimum atomic E-state index is -0.950. The molecule has 0 aliphatic rings. The molecular weight excluding hydrogens is 382 g/mol. The zero-order valence-electron chi connectivity index (χ0n) is 15.6. The molecule has 0 aliphatic carbocycles. The molecule has 3 aromatic rings. The number of hydrogen-bond donors (Lipinski definition) is 1. The maximum Gasteiger partial charge on any atom is 0.468 e. The first kappa shape index (κ1) is 19.7. The van der Waals surface area contributed by atoms with Crippen molar-refractivity contribution in [2.45, 2.75) is 26.9 Å². The van der Waals surface area contributed by atoms with E-state index in [9.17, 15) is 25.0 Å². The maximum atomic E-state index is 12.3. The number of amides is 1. The fourth-order valence-corrected chi connectivity index (χ4v) is 2.86. The third kappa shape index (κ3) is 4.43. The third-order valence-electron chi connectivity index (χ3n) is 4.15. The summed E-state index contributed by atoms with van der Waals surface area (Å²) in [7, 11) is 0. The summed E-state index contributed by atoms with van der Waals surface area (Å²) in [6, 6.07) is 7.93. The van der Waals surface area contributed by atoms with Crippen molar-refractivity contribution in [1.82, 2.24) is 19.6 Å². The van der Waals surface area contributed by atoms with Gasteiger partial charge >= 0.3 is 11.5 Å². The van der Waals surface area contributed by atoms with E-state index in [1.807, 2.05) is 31.2 Å². The van der Waals surface area contributed by atoms with Crippen molar-refractivity contribution < 1.29 is 14.6 Å². The van der Waals surface area contributed by atoms with Gasteiger partial charge < -0.3 is 15.4 Å². The first-order valence-electron chi connectivity index (χ1n) is 8.48. The topological polar surface area (TPSA) is 151 Å². The van der Waals surface area contributed by atoms with Gasteiger partial charge in [-0.25, -0.2) is 0 Å². The Morgan fingerprint density at radius 1 is 1.21 bits per heavy atom. The molecule has 3 rings (SSSR count). The van der Waals surface area contributed by atoms with Crippen LogP contribution < -0.4 is 5.32 Å². The number of hydrogen-bond acceptors (Lipinski definition) is 7. The first-order chi connectivity index (χ1) is 13.7. The Bertz CT molecular complexity index is 1100. The Kier molecular flexibility index (Phi) is 5.34. The van der Waals surface area contributed by atoms with Crippen molar-refractivity contribution in [3.63, 3.8) is 0 Å². The zero-order valence-corrected chi connectivity index (χ0v) is 15.6. The van der Waals surface area contributed by atoms with Gasteiger partial charge in [-0.2, -0.15) is 9.78 Å². The predicted molar refractivity (Wildman–Crippen MR) is 101 cm³/mol. The van der Waals surface area contributed by atoms with E-state index in [0.717, 1.165) is 15.8 Å². The van der Waals surface area contributed by atoms with Gasteiger partial charge in [-0.1, -0.05) is 29.8 Å². The van der Waals surface area contributed by atoms with Crippen LogP contribution >= 0.6 is 0 Å². The monoisotopic (exact) mass is 399 g/mol. The number of carbonyl (C=O) groups excluding carboxylic acids is 1. The van der Waals surface area contributed by atoms with Crippen LogP contribution in [0.25, 0.3) is 0 Å². The fourth-order valence-electron chi connectivity index (χ4n) is 2.86. The molecular formula is C17H17N7O5. The molecule has 29 heavy (non-hydrogen) atoms. The molecule has 0 radical (unpaired) electrons. The second kappa shape index (κ2) is 7.88. The Morgan fingerprint density at radius 3 is 2.59 bits per heavy atom. The van der Waals surface area contributed by atoms with Crippen molar-refractivity contribution in [1.29, 1.82) is 0 Å².